The summed E-state index contributed by atoms with van der Waals surface area (Å²) in [5.41, 5.74) is 12.7. The van der Waals surface area contributed by atoms with E-state index in [-0.39, 0.29) is 5.91 Å². The number of ether oxygens (including phenoxy) is 1. The highest BCUT2D eigenvalue weighted by Crippen LogP contribution is 2.33. The van der Waals surface area contributed by atoms with Crippen LogP contribution in [0.25, 0.3) is 27.9 Å². The van der Waals surface area contributed by atoms with Gasteiger partial charge in [-0.05, 0) is 12.1 Å². The van der Waals surface area contributed by atoms with Crippen LogP contribution >= 0.6 is 0 Å². The van der Waals surface area contributed by atoms with E-state index < -0.39 is 0 Å². The van der Waals surface area contributed by atoms with E-state index in [0.717, 1.165) is 35.3 Å². The van der Waals surface area contributed by atoms with Gasteiger partial charge in [0.2, 0.25) is 5.91 Å². The first-order valence-electron chi connectivity index (χ1n) is 11.7. The summed E-state index contributed by atoms with van der Waals surface area (Å²) in [6.07, 6.45) is 8.89. The second kappa shape index (κ2) is 10.0. The van der Waals surface area contributed by atoms with Crippen LogP contribution in [0.1, 0.15) is 19.0 Å². The predicted octanol–water partition coefficient (Wildman–Crippen LogP) is 3.27. The van der Waals surface area contributed by atoms with E-state index >= 15 is 0 Å². The first-order chi connectivity index (χ1) is 17.5. The third-order valence-corrected chi connectivity index (χ3v) is 5.99. The Kier molecular flexibility index (Phi) is 6.46. The number of nitrogen functional groups attached to an aromatic ring is 1. The molecule has 1 amide bonds. The molecule has 0 saturated carbocycles. The Morgan fingerprint density at radius 3 is 2.69 bits per heavy atom. The zero-order valence-corrected chi connectivity index (χ0v) is 19.9. The summed E-state index contributed by atoms with van der Waals surface area (Å²) in [6.45, 7) is 8.82. The molecule has 1 fully saturated rings. The van der Waals surface area contributed by atoms with E-state index in [1.54, 1.807) is 37.9 Å². The highest BCUT2D eigenvalue weighted by atomic mass is 16.5. The smallest absolute Gasteiger partial charge is 0.224 e. The van der Waals surface area contributed by atoms with Crippen LogP contribution in [0.3, 0.4) is 0 Å². The number of nitrogens with two attached hydrogens (primary N) is 1. The molecule has 4 aromatic heterocycles. The SMILES string of the molecule is C=C(Nc1cncc(N2CCOCC2)c1N)c1[nH]nc2ncc(-c3cncc(NC(=O)CC)c3)cc12. The summed E-state index contributed by atoms with van der Waals surface area (Å²) in [6, 6.07) is 3.82. The van der Waals surface area contributed by atoms with Gasteiger partial charge in [0.1, 0.15) is 0 Å². The second-order valence-corrected chi connectivity index (χ2v) is 8.38. The molecule has 0 spiro atoms. The minimum atomic E-state index is -0.0755. The molecule has 0 aromatic carbocycles. The zero-order valence-electron chi connectivity index (χ0n) is 19.9. The number of H-pyrrole nitrogens is 1. The third kappa shape index (κ3) is 4.68. The number of rotatable bonds is 7. The Hall–Kier alpha value is -4.51. The van der Waals surface area contributed by atoms with Crippen LogP contribution in [0, 0.1) is 0 Å². The van der Waals surface area contributed by atoms with Crippen molar-refractivity contribution in [2.45, 2.75) is 13.3 Å². The molecule has 5 N–H and O–H groups in total. The van der Waals surface area contributed by atoms with E-state index in [1.807, 2.05) is 12.1 Å². The minimum Gasteiger partial charge on any atom is -0.395 e. The molecule has 0 radical (unpaired) electrons. The fourth-order valence-corrected chi connectivity index (χ4v) is 4.04. The number of nitrogens with one attached hydrogen (secondary N) is 3. The number of carbonyl (C=O) groups is 1. The van der Waals surface area contributed by atoms with E-state index in [1.165, 1.54) is 0 Å². The Morgan fingerprint density at radius 2 is 1.89 bits per heavy atom. The Morgan fingerprint density at radius 1 is 1.11 bits per heavy atom. The summed E-state index contributed by atoms with van der Waals surface area (Å²) in [5, 5.41) is 14.2. The van der Waals surface area contributed by atoms with Crippen LogP contribution in [-0.4, -0.2) is 57.4 Å². The predicted molar refractivity (Wildman–Crippen MR) is 140 cm³/mol. The lowest BCUT2D eigenvalue weighted by atomic mass is 10.1. The normalized spacial score (nSPS) is 13.5. The van der Waals surface area contributed by atoms with Crippen LogP contribution in [0.5, 0.6) is 0 Å². The third-order valence-electron chi connectivity index (χ3n) is 5.99. The number of hydrogen-bond acceptors (Lipinski definition) is 9. The summed E-state index contributed by atoms with van der Waals surface area (Å²) in [7, 11) is 0. The number of morpholine rings is 1. The number of carbonyl (C=O) groups excluding carboxylic acids is 1. The lowest BCUT2D eigenvalue weighted by molar-refractivity contribution is -0.115. The van der Waals surface area contributed by atoms with Gasteiger partial charge in [-0.25, -0.2) is 4.98 Å². The Labute approximate surface area is 207 Å². The molecule has 0 aliphatic carbocycles. The van der Waals surface area contributed by atoms with Crippen molar-refractivity contribution in [1.29, 1.82) is 0 Å². The Bertz CT molecular complexity index is 1430. The molecule has 11 nitrogen and oxygen atoms in total. The molecule has 1 aliphatic heterocycles. The van der Waals surface area contributed by atoms with Gasteiger partial charge in [0.05, 0.1) is 65.9 Å². The number of aromatic amines is 1. The van der Waals surface area contributed by atoms with Gasteiger partial charge < -0.3 is 26.0 Å². The number of amides is 1. The van der Waals surface area contributed by atoms with Crippen LogP contribution in [0.2, 0.25) is 0 Å². The van der Waals surface area contributed by atoms with Crippen LogP contribution in [0.4, 0.5) is 22.7 Å². The molecule has 1 saturated heterocycles. The van der Waals surface area contributed by atoms with Crippen molar-refractivity contribution in [1.82, 2.24) is 25.1 Å². The molecular weight excluding hydrogens is 458 g/mol. The maximum atomic E-state index is 11.8. The minimum absolute atomic E-state index is 0.0755. The molecule has 4 aromatic rings. The number of anilines is 4. The van der Waals surface area contributed by atoms with Gasteiger partial charge in [-0.15, -0.1) is 0 Å². The maximum Gasteiger partial charge on any atom is 0.224 e. The quantitative estimate of drug-likeness (QED) is 0.310. The maximum absolute atomic E-state index is 11.8. The summed E-state index contributed by atoms with van der Waals surface area (Å²) < 4.78 is 5.44. The van der Waals surface area contributed by atoms with Crippen molar-refractivity contribution in [3.8, 4) is 11.1 Å². The molecule has 5 heterocycles. The lowest BCUT2D eigenvalue weighted by Crippen LogP contribution is -2.36. The first-order valence-corrected chi connectivity index (χ1v) is 11.7. The van der Waals surface area contributed by atoms with Gasteiger partial charge in [0.25, 0.3) is 0 Å². The van der Waals surface area contributed by atoms with E-state index in [4.69, 9.17) is 10.5 Å². The van der Waals surface area contributed by atoms with Gasteiger partial charge in [0.15, 0.2) is 5.65 Å². The highest BCUT2D eigenvalue weighted by molar-refractivity contribution is 5.95. The van der Waals surface area contributed by atoms with Crippen LogP contribution in [-0.2, 0) is 9.53 Å². The largest absolute Gasteiger partial charge is 0.395 e. The number of fused-ring (bicyclic) bond motifs is 1. The van der Waals surface area contributed by atoms with Crippen LogP contribution in [0.15, 0.2) is 49.7 Å². The molecule has 5 rings (SSSR count). The zero-order chi connectivity index (χ0) is 25.1. The molecule has 36 heavy (non-hydrogen) atoms. The Balaban J connectivity index is 1.42. The van der Waals surface area contributed by atoms with Gasteiger partial charge in [0, 0.05) is 48.4 Å². The molecule has 11 heteroatoms. The summed E-state index contributed by atoms with van der Waals surface area (Å²) >= 11 is 0. The number of nitrogens with zero attached hydrogens (tertiary/aromatic N) is 5. The van der Waals surface area contributed by atoms with Crippen molar-refractivity contribution in [3.05, 3.63) is 55.4 Å². The molecule has 0 atom stereocenters. The van der Waals surface area contributed by atoms with Crippen molar-refractivity contribution in [2.75, 3.05) is 47.6 Å². The average Bonchev–Trinajstić information content (AvgIpc) is 3.34. The molecule has 184 valence electrons. The monoisotopic (exact) mass is 485 g/mol. The fraction of sp³-hybridized carbons (Fsp3) is 0.240. The van der Waals surface area contributed by atoms with Crippen molar-refractivity contribution >= 4 is 45.4 Å². The standard InChI is InChI=1S/C25H27N9O2/c1-3-22(35)31-18-8-16(10-27-12-18)17-9-19-24(32-33-25(19)29-11-17)15(2)30-20-13-28-14-21(23(20)26)34-4-6-36-7-5-34/h8-14,30H,2-7H2,1H3,(H2,26,28)(H,31,35)(H,29,32,33). The van der Waals surface area contributed by atoms with E-state index in [0.29, 0.717) is 53.7 Å². The fourth-order valence-electron chi connectivity index (χ4n) is 4.04. The number of aromatic nitrogens is 5. The van der Waals surface area contributed by atoms with Gasteiger partial charge >= 0.3 is 0 Å². The first kappa shape index (κ1) is 23.2. The van der Waals surface area contributed by atoms with Gasteiger partial charge in [-0.2, -0.15) is 5.10 Å². The van der Waals surface area contributed by atoms with E-state index in [9.17, 15) is 4.79 Å². The average molecular weight is 486 g/mol. The second-order valence-electron chi connectivity index (χ2n) is 8.38. The van der Waals surface area contributed by atoms with E-state index in [2.05, 4.69) is 47.3 Å². The lowest BCUT2D eigenvalue weighted by Gasteiger charge is -2.30. The van der Waals surface area contributed by atoms with Gasteiger partial charge in [-0.3, -0.25) is 19.9 Å². The summed E-state index contributed by atoms with van der Waals surface area (Å²) in [4.78, 5) is 27.0. The van der Waals surface area contributed by atoms with Crippen molar-refractivity contribution in [3.63, 3.8) is 0 Å². The van der Waals surface area contributed by atoms with Gasteiger partial charge in [-0.1, -0.05) is 13.5 Å². The molecular formula is C25H27N9O2. The van der Waals surface area contributed by atoms with Crippen molar-refractivity contribution < 1.29 is 9.53 Å². The van der Waals surface area contributed by atoms with Crippen molar-refractivity contribution in [2.24, 2.45) is 0 Å². The topological polar surface area (TPSA) is 147 Å². The number of hydrogen-bond donors (Lipinski definition) is 4. The summed E-state index contributed by atoms with van der Waals surface area (Å²) in [5.74, 6) is -0.0755. The highest BCUT2D eigenvalue weighted by Gasteiger charge is 2.18. The van der Waals surface area contributed by atoms with Crippen LogP contribution < -0.4 is 21.3 Å². The molecule has 0 unspecified atom stereocenters. The molecule has 0 bridgehead atoms. The number of pyridine rings is 3. The molecule has 1 aliphatic rings.